The fraction of sp³-hybridized carbons (Fsp3) is 0.340. The van der Waals surface area contributed by atoms with E-state index in [1.165, 1.54) is 12.1 Å². The molecule has 2 aliphatic heterocycles. The Hall–Kier alpha value is -6.02. The highest BCUT2D eigenvalue weighted by atomic mass is 35.5. The van der Waals surface area contributed by atoms with Gasteiger partial charge in [0.15, 0.2) is 5.82 Å². The third-order valence-corrected chi connectivity index (χ3v) is 12.0. The van der Waals surface area contributed by atoms with Crippen molar-refractivity contribution < 1.29 is 37.4 Å². The molecule has 0 spiro atoms. The zero-order valence-electron chi connectivity index (χ0n) is 35.9. The van der Waals surface area contributed by atoms with Gasteiger partial charge in [-0.05, 0) is 97.8 Å². The molecular formula is C50H54ClF2N5O6. The molecule has 7 rings (SSSR count). The van der Waals surface area contributed by atoms with Gasteiger partial charge in [0.2, 0.25) is 5.91 Å². The summed E-state index contributed by atoms with van der Waals surface area (Å²) >= 11 is 6.48. The Labute approximate surface area is 378 Å². The number of benzene rings is 5. The lowest BCUT2D eigenvalue weighted by molar-refractivity contribution is -0.137. The summed E-state index contributed by atoms with van der Waals surface area (Å²) in [6, 6.07) is 32.8. The lowest BCUT2D eigenvalue weighted by Crippen LogP contribution is -2.58. The SMILES string of the molecule is CCOc1cccc(F)c1CN1CCN(C(=O)[C@H](NC(=O)OCc2ccccc2)C2CCN(CCc3cc(Cl)ccc3-c3cccc(NC(=O)OCc4ccccc4)c3F)CC2)CC1. The van der Waals surface area contributed by atoms with Crippen LogP contribution in [0.5, 0.6) is 5.75 Å². The van der Waals surface area contributed by atoms with Crippen LogP contribution >= 0.6 is 11.6 Å². The average Bonchev–Trinajstić information content (AvgIpc) is 3.32. The van der Waals surface area contributed by atoms with E-state index in [9.17, 15) is 18.8 Å². The number of halogens is 3. The summed E-state index contributed by atoms with van der Waals surface area (Å²) < 4.78 is 47.5. The number of nitrogens with zero attached hydrogens (tertiary/aromatic N) is 3. The molecule has 2 N–H and O–H groups in total. The predicted octanol–water partition coefficient (Wildman–Crippen LogP) is 9.33. The molecular weight excluding hydrogens is 840 g/mol. The van der Waals surface area contributed by atoms with E-state index in [-0.39, 0.29) is 36.5 Å². The van der Waals surface area contributed by atoms with Crippen LogP contribution in [-0.2, 0) is 40.4 Å². The molecule has 0 aliphatic carbocycles. The monoisotopic (exact) mass is 893 g/mol. The van der Waals surface area contributed by atoms with Crippen molar-refractivity contribution in [2.24, 2.45) is 5.92 Å². The number of hydrogen-bond donors (Lipinski definition) is 2. The highest BCUT2D eigenvalue weighted by Gasteiger charge is 2.37. The fourth-order valence-corrected chi connectivity index (χ4v) is 8.52. The lowest BCUT2D eigenvalue weighted by atomic mass is 9.88. The topological polar surface area (TPSA) is 113 Å². The zero-order chi connectivity index (χ0) is 44.8. The maximum atomic E-state index is 16.1. The van der Waals surface area contributed by atoms with E-state index >= 15 is 4.39 Å². The molecule has 3 amide bonds. The zero-order valence-corrected chi connectivity index (χ0v) is 36.7. The Balaban J connectivity index is 0.974. The number of anilines is 1. The van der Waals surface area contributed by atoms with Gasteiger partial charge in [-0.25, -0.2) is 18.4 Å². The van der Waals surface area contributed by atoms with E-state index in [1.807, 2.05) is 73.7 Å². The molecule has 2 aliphatic rings. The Morgan fingerprint density at radius 3 is 2.06 bits per heavy atom. The van der Waals surface area contributed by atoms with Crippen LogP contribution in [0.4, 0.5) is 24.1 Å². The van der Waals surface area contributed by atoms with Gasteiger partial charge < -0.3 is 29.3 Å². The van der Waals surface area contributed by atoms with Gasteiger partial charge in [-0.1, -0.05) is 96.5 Å². The first-order chi connectivity index (χ1) is 31.1. The number of ether oxygens (including phenoxy) is 3. The maximum absolute atomic E-state index is 16.1. The normalized spacial score (nSPS) is 15.3. The third kappa shape index (κ3) is 12.4. The standard InChI is InChI=1S/C50H54ClF2N5O6/c1-2-62-45-18-10-16-43(52)42(45)32-57-27-29-58(30-28-57)48(59)47(55-50(61)64-34-36-13-7-4-8-14-36)37-21-24-56(25-22-37)26-23-38-31-39(51)19-20-40(38)41-15-9-17-44(46(41)53)54-49(60)63-33-35-11-5-3-6-12-35/h3-20,31,37,47H,2,21-30,32-34H2,1H3,(H,54,60)(H,55,61)/t47-/m1/s1. The van der Waals surface area contributed by atoms with Crippen LogP contribution in [-0.4, -0.2) is 91.3 Å². The molecule has 64 heavy (non-hydrogen) atoms. The molecule has 2 heterocycles. The number of hydrogen-bond acceptors (Lipinski definition) is 8. The van der Waals surface area contributed by atoms with Crippen molar-refractivity contribution in [3.05, 3.63) is 154 Å². The number of amides is 3. The lowest BCUT2D eigenvalue weighted by Gasteiger charge is -2.40. The Morgan fingerprint density at radius 2 is 1.39 bits per heavy atom. The third-order valence-electron chi connectivity index (χ3n) is 11.8. The summed E-state index contributed by atoms with van der Waals surface area (Å²) in [5.74, 6) is -0.706. The van der Waals surface area contributed by atoms with Crippen molar-refractivity contribution >= 4 is 35.4 Å². The van der Waals surface area contributed by atoms with Gasteiger partial charge in [0.1, 0.15) is 30.8 Å². The number of piperazine rings is 1. The molecule has 5 aromatic carbocycles. The van der Waals surface area contributed by atoms with Crippen LogP contribution in [0.2, 0.25) is 5.02 Å². The number of nitrogens with one attached hydrogen (secondary N) is 2. The summed E-state index contributed by atoms with van der Waals surface area (Å²) in [7, 11) is 0. The van der Waals surface area contributed by atoms with Crippen molar-refractivity contribution in [3.63, 3.8) is 0 Å². The molecule has 0 radical (unpaired) electrons. The van der Waals surface area contributed by atoms with E-state index < -0.39 is 24.0 Å². The van der Waals surface area contributed by atoms with E-state index in [0.717, 1.165) is 16.7 Å². The smallest absolute Gasteiger partial charge is 0.412 e. The highest BCUT2D eigenvalue weighted by Crippen LogP contribution is 2.33. The van der Waals surface area contributed by atoms with E-state index in [0.29, 0.717) is 106 Å². The largest absolute Gasteiger partial charge is 0.493 e. The van der Waals surface area contributed by atoms with Gasteiger partial charge in [-0.3, -0.25) is 15.0 Å². The van der Waals surface area contributed by atoms with Crippen LogP contribution < -0.4 is 15.4 Å². The Bertz CT molecular complexity index is 2340. The molecule has 11 nitrogen and oxygen atoms in total. The summed E-state index contributed by atoms with van der Waals surface area (Å²) in [6.07, 6.45) is 0.433. The predicted molar refractivity (Wildman–Crippen MR) is 243 cm³/mol. The number of alkyl carbamates (subject to hydrolysis) is 1. The number of carbonyl (C=O) groups is 3. The number of piperidine rings is 1. The van der Waals surface area contributed by atoms with E-state index in [2.05, 4.69) is 20.4 Å². The average molecular weight is 894 g/mol. The van der Waals surface area contributed by atoms with Crippen LogP contribution in [0.3, 0.4) is 0 Å². The summed E-state index contributed by atoms with van der Waals surface area (Å²) in [5.41, 5.74) is 3.97. The highest BCUT2D eigenvalue weighted by molar-refractivity contribution is 6.30. The maximum Gasteiger partial charge on any atom is 0.412 e. The second-order valence-electron chi connectivity index (χ2n) is 16.0. The van der Waals surface area contributed by atoms with Gasteiger partial charge in [0.05, 0.1) is 12.3 Å². The van der Waals surface area contributed by atoms with Crippen molar-refractivity contribution in [3.8, 4) is 16.9 Å². The minimum atomic E-state index is -0.799. The van der Waals surface area contributed by atoms with Gasteiger partial charge in [0.25, 0.3) is 0 Å². The van der Waals surface area contributed by atoms with Gasteiger partial charge in [0, 0.05) is 55.4 Å². The molecule has 0 unspecified atom stereocenters. The van der Waals surface area contributed by atoms with Gasteiger partial charge in [-0.2, -0.15) is 0 Å². The molecule has 0 aromatic heterocycles. The second-order valence-corrected chi connectivity index (χ2v) is 16.5. The summed E-state index contributed by atoms with van der Waals surface area (Å²) in [6.45, 7) is 6.67. The Morgan fingerprint density at radius 1 is 0.734 bits per heavy atom. The number of rotatable bonds is 16. The molecule has 14 heteroatoms. The minimum Gasteiger partial charge on any atom is -0.493 e. The van der Waals surface area contributed by atoms with Crippen LogP contribution in [0.25, 0.3) is 11.1 Å². The second kappa shape index (κ2) is 22.6. The molecule has 0 bridgehead atoms. The van der Waals surface area contributed by atoms with Gasteiger partial charge >= 0.3 is 12.2 Å². The van der Waals surface area contributed by atoms with Gasteiger partial charge in [-0.15, -0.1) is 0 Å². The van der Waals surface area contributed by atoms with Crippen LogP contribution in [0.15, 0.2) is 115 Å². The first-order valence-corrected chi connectivity index (χ1v) is 22.2. The van der Waals surface area contributed by atoms with Crippen molar-refractivity contribution in [1.82, 2.24) is 20.0 Å². The minimum absolute atomic E-state index is 0.000692. The number of likely N-dealkylation sites (tertiary alicyclic amines) is 1. The number of carbonyl (C=O) groups excluding carboxylic acids is 3. The van der Waals surface area contributed by atoms with Crippen LogP contribution in [0, 0.1) is 17.6 Å². The molecule has 2 saturated heterocycles. The van der Waals surface area contributed by atoms with Crippen LogP contribution in [0.1, 0.15) is 42.0 Å². The Kier molecular flexibility index (Phi) is 16.2. The molecule has 0 saturated carbocycles. The molecule has 336 valence electrons. The van der Waals surface area contributed by atoms with Crippen molar-refractivity contribution in [1.29, 1.82) is 0 Å². The summed E-state index contributed by atoms with van der Waals surface area (Å²) in [4.78, 5) is 46.4. The molecule has 5 aromatic rings. The van der Waals surface area contributed by atoms with Crippen molar-refractivity contribution in [2.75, 3.05) is 57.7 Å². The van der Waals surface area contributed by atoms with Crippen molar-refractivity contribution in [2.45, 2.75) is 52.0 Å². The first kappa shape index (κ1) is 46.0. The molecule has 2 fully saturated rings. The molecule has 1 atom stereocenters. The quantitative estimate of drug-likeness (QED) is 0.101. The first-order valence-electron chi connectivity index (χ1n) is 21.8. The van der Waals surface area contributed by atoms with E-state index in [4.69, 9.17) is 25.8 Å². The fourth-order valence-electron chi connectivity index (χ4n) is 8.33. The van der Waals surface area contributed by atoms with E-state index in [1.54, 1.807) is 41.3 Å². The summed E-state index contributed by atoms with van der Waals surface area (Å²) in [5, 5.41) is 6.00.